The molecule has 6 heteroatoms. The van der Waals surface area contributed by atoms with E-state index in [1.807, 2.05) is 36.4 Å². The van der Waals surface area contributed by atoms with Gasteiger partial charge in [0.25, 0.3) is 0 Å². The monoisotopic (exact) mass is 313 g/mol. The maximum Gasteiger partial charge on any atom is 0.240 e. The molecule has 3 rings (SSSR count). The molecule has 2 aromatic rings. The number of carbonyl (C=O) groups is 2. The first kappa shape index (κ1) is 14.6. The second-order valence-electron chi connectivity index (χ2n) is 4.86. The van der Waals surface area contributed by atoms with Crippen LogP contribution in [0.3, 0.4) is 0 Å². The molecule has 0 saturated carbocycles. The van der Waals surface area contributed by atoms with E-state index in [-0.39, 0.29) is 18.4 Å². The molecule has 0 bridgehead atoms. The summed E-state index contributed by atoms with van der Waals surface area (Å²) >= 11 is 1.40. The van der Waals surface area contributed by atoms with Gasteiger partial charge in [0.2, 0.25) is 11.8 Å². The molecule has 0 unspecified atom stereocenters. The van der Waals surface area contributed by atoms with Gasteiger partial charge in [-0.05, 0) is 17.7 Å². The number of anilines is 1. The summed E-state index contributed by atoms with van der Waals surface area (Å²) in [6, 6.07) is 13.3. The summed E-state index contributed by atoms with van der Waals surface area (Å²) in [5.74, 6) is 0.0648. The molecule has 112 valence electrons. The first-order chi connectivity index (χ1) is 10.7. The van der Waals surface area contributed by atoms with Gasteiger partial charge >= 0.3 is 0 Å². The Morgan fingerprint density at radius 1 is 1.23 bits per heavy atom. The van der Waals surface area contributed by atoms with Crippen LogP contribution >= 0.6 is 11.8 Å². The van der Waals surface area contributed by atoms with Crippen molar-refractivity contribution in [3.63, 3.8) is 0 Å². The molecular weight excluding hydrogens is 298 g/mol. The van der Waals surface area contributed by atoms with Crippen LogP contribution in [-0.2, 0) is 16.1 Å². The number of benzene rings is 1. The quantitative estimate of drug-likeness (QED) is 0.935. The minimum atomic E-state index is -0.182. The van der Waals surface area contributed by atoms with Crippen LogP contribution in [0.4, 0.5) is 5.69 Å². The summed E-state index contributed by atoms with van der Waals surface area (Å²) in [7, 11) is 0. The molecule has 1 aliphatic heterocycles. The van der Waals surface area contributed by atoms with Crippen molar-refractivity contribution in [2.75, 3.05) is 17.2 Å². The van der Waals surface area contributed by atoms with Gasteiger partial charge < -0.3 is 5.32 Å². The Morgan fingerprint density at radius 3 is 2.86 bits per heavy atom. The Bertz CT molecular complexity index is 691. The van der Waals surface area contributed by atoms with E-state index in [9.17, 15) is 9.59 Å². The van der Waals surface area contributed by atoms with E-state index in [2.05, 4.69) is 10.3 Å². The molecule has 2 amide bonds. The summed E-state index contributed by atoms with van der Waals surface area (Å²) in [4.78, 5) is 29.9. The second kappa shape index (κ2) is 6.62. The summed E-state index contributed by atoms with van der Waals surface area (Å²) in [6.45, 7) is 0.473. The van der Waals surface area contributed by atoms with Crippen LogP contribution in [0.1, 0.15) is 5.56 Å². The molecule has 0 fully saturated rings. The highest BCUT2D eigenvalue weighted by Gasteiger charge is 2.26. The largest absolute Gasteiger partial charge is 0.350 e. The summed E-state index contributed by atoms with van der Waals surface area (Å²) in [5.41, 5.74) is 1.73. The third-order valence-corrected chi connectivity index (χ3v) is 4.29. The zero-order valence-corrected chi connectivity index (χ0v) is 12.7. The molecule has 0 atom stereocenters. The Labute approximate surface area is 132 Å². The average molecular weight is 313 g/mol. The number of rotatable bonds is 4. The first-order valence-electron chi connectivity index (χ1n) is 6.93. The van der Waals surface area contributed by atoms with Gasteiger partial charge in [-0.25, -0.2) is 4.98 Å². The number of fused-ring (bicyclic) bond motifs is 1. The number of nitrogens with one attached hydrogen (secondary N) is 1. The normalized spacial score (nSPS) is 13.6. The number of carbonyl (C=O) groups excluding carboxylic acids is 2. The van der Waals surface area contributed by atoms with Gasteiger partial charge in [0.1, 0.15) is 11.6 Å². The number of nitrogens with zero attached hydrogens (tertiary/aromatic N) is 2. The second-order valence-corrected chi connectivity index (χ2v) is 5.82. The topological polar surface area (TPSA) is 62.3 Å². The fourth-order valence-corrected chi connectivity index (χ4v) is 3.09. The van der Waals surface area contributed by atoms with Gasteiger partial charge in [-0.1, -0.05) is 42.1 Å². The van der Waals surface area contributed by atoms with E-state index in [0.29, 0.717) is 18.0 Å². The van der Waals surface area contributed by atoms with Crippen LogP contribution in [0.25, 0.3) is 0 Å². The third-order valence-electron chi connectivity index (χ3n) is 3.31. The maximum atomic E-state index is 12.1. The van der Waals surface area contributed by atoms with Crippen molar-refractivity contribution in [3.8, 4) is 0 Å². The van der Waals surface area contributed by atoms with Crippen LogP contribution in [0.5, 0.6) is 0 Å². The molecule has 5 nitrogen and oxygen atoms in total. The van der Waals surface area contributed by atoms with E-state index >= 15 is 0 Å². The molecular formula is C16H15N3O2S. The Kier molecular flexibility index (Phi) is 4.39. The van der Waals surface area contributed by atoms with Crippen LogP contribution in [0.2, 0.25) is 0 Å². The van der Waals surface area contributed by atoms with Gasteiger partial charge in [-0.3, -0.25) is 14.5 Å². The van der Waals surface area contributed by atoms with Crippen molar-refractivity contribution in [1.82, 2.24) is 10.3 Å². The van der Waals surface area contributed by atoms with Gasteiger partial charge in [-0.2, -0.15) is 0 Å². The van der Waals surface area contributed by atoms with Crippen LogP contribution in [-0.4, -0.2) is 29.1 Å². The summed E-state index contributed by atoms with van der Waals surface area (Å²) in [5, 5.41) is 3.63. The first-order valence-corrected chi connectivity index (χ1v) is 7.91. The molecule has 1 aromatic carbocycles. The molecule has 2 heterocycles. The average Bonchev–Trinajstić information content (AvgIpc) is 2.56. The Balaban J connectivity index is 1.65. The van der Waals surface area contributed by atoms with Crippen molar-refractivity contribution in [2.24, 2.45) is 0 Å². The molecule has 0 aliphatic carbocycles. The van der Waals surface area contributed by atoms with Crippen LogP contribution in [0, 0.1) is 0 Å². The van der Waals surface area contributed by atoms with Crippen molar-refractivity contribution in [2.45, 2.75) is 11.6 Å². The highest BCUT2D eigenvalue weighted by Crippen LogP contribution is 2.32. The van der Waals surface area contributed by atoms with Crippen LogP contribution in [0.15, 0.2) is 53.7 Å². The molecule has 1 aliphatic rings. The molecule has 0 radical (unpaired) electrons. The predicted octanol–water partition coefficient (Wildman–Crippen LogP) is 1.84. The lowest BCUT2D eigenvalue weighted by molar-refractivity contribution is -0.123. The number of hydrogen-bond acceptors (Lipinski definition) is 4. The fraction of sp³-hybridized carbons (Fsp3) is 0.188. The Morgan fingerprint density at radius 2 is 2.05 bits per heavy atom. The lowest BCUT2D eigenvalue weighted by Gasteiger charge is -2.27. The van der Waals surface area contributed by atoms with E-state index in [0.717, 1.165) is 10.6 Å². The van der Waals surface area contributed by atoms with Crippen molar-refractivity contribution < 1.29 is 9.59 Å². The van der Waals surface area contributed by atoms with Gasteiger partial charge in [0.05, 0.1) is 11.4 Å². The number of hydrogen-bond donors (Lipinski definition) is 1. The van der Waals surface area contributed by atoms with Gasteiger partial charge in [0.15, 0.2) is 0 Å². The van der Waals surface area contributed by atoms with E-state index in [4.69, 9.17) is 0 Å². The fourth-order valence-electron chi connectivity index (χ4n) is 2.21. The lowest BCUT2D eigenvalue weighted by atomic mass is 10.2. The highest BCUT2D eigenvalue weighted by atomic mass is 32.2. The SMILES string of the molecule is O=C(CN1C(=O)CSc2ncccc21)NCc1ccccc1. The zero-order chi connectivity index (χ0) is 15.4. The molecule has 1 N–H and O–H groups in total. The molecule has 0 spiro atoms. The van der Waals surface area contributed by atoms with E-state index in [1.54, 1.807) is 12.3 Å². The molecule has 0 saturated heterocycles. The molecule has 22 heavy (non-hydrogen) atoms. The van der Waals surface area contributed by atoms with E-state index < -0.39 is 0 Å². The number of thioether (sulfide) groups is 1. The minimum absolute atomic E-state index is 0.0188. The van der Waals surface area contributed by atoms with Crippen molar-refractivity contribution >= 4 is 29.3 Å². The summed E-state index contributed by atoms with van der Waals surface area (Å²) < 4.78 is 0. The number of pyridine rings is 1. The lowest BCUT2D eigenvalue weighted by Crippen LogP contribution is -2.43. The molecule has 1 aromatic heterocycles. The van der Waals surface area contributed by atoms with Crippen molar-refractivity contribution in [3.05, 3.63) is 54.2 Å². The third kappa shape index (κ3) is 3.28. The smallest absolute Gasteiger partial charge is 0.240 e. The zero-order valence-electron chi connectivity index (χ0n) is 11.9. The Hall–Kier alpha value is -2.34. The van der Waals surface area contributed by atoms with Crippen molar-refractivity contribution in [1.29, 1.82) is 0 Å². The standard InChI is InChI=1S/C16H15N3O2S/c20-14(18-9-12-5-2-1-3-6-12)10-19-13-7-4-8-17-16(13)22-11-15(19)21/h1-8H,9-11H2,(H,18,20). The predicted molar refractivity (Wildman–Crippen MR) is 85.6 cm³/mol. The number of aromatic nitrogens is 1. The summed E-state index contributed by atoms with van der Waals surface area (Å²) in [6.07, 6.45) is 1.69. The maximum absolute atomic E-state index is 12.1. The highest BCUT2D eigenvalue weighted by molar-refractivity contribution is 8.00. The minimum Gasteiger partial charge on any atom is -0.350 e. The van der Waals surface area contributed by atoms with Gasteiger partial charge in [0, 0.05) is 12.7 Å². The van der Waals surface area contributed by atoms with Crippen LogP contribution < -0.4 is 10.2 Å². The number of amides is 2. The van der Waals surface area contributed by atoms with Gasteiger partial charge in [-0.15, -0.1) is 0 Å². The van der Waals surface area contributed by atoms with E-state index in [1.165, 1.54) is 16.7 Å².